The Hall–Kier alpha value is -0.640. The first-order valence-corrected chi connectivity index (χ1v) is 5.36. The van der Waals surface area contributed by atoms with Gasteiger partial charge in [-0.15, -0.1) is 12.4 Å². The van der Waals surface area contributed by atoms with Gasteiger partial charge in [0.25, 0.3) is 0 Å². The van der Waals surface area contributed by atoms with Gasteiger partial charge in [0.2, 0.25) is 0 Å². The molecule has 0 heterocycles. The van der Waals surface area contributed by atoms with Crippen molar-refractivity contribution in [1.29, 1.82) is 0 Å². The van der Waals surface area contributed by atoms with Gasteiger partial charge >= 0.3 is 0 Å². The first-order chi connectivity index (χ1) is 7.16. The minimum atomic E-state index is -0.118. The normalized spacial score (nSPS) is 23.8. The molecule has 1 fully saturated rings. The highest BCUT2D eigenvalue weighted by Gasteiger charge is 2.29. The summed E-state index contributed by atoms with van der Waals surface area (Å²) in [6, 6.07) is 7.81. The molecule has 2 nitrogen and oxygen atoms in total. The summed E-state index contributed by atoms with van der Waals surface area (Å²) in [7, 11) is 2.03. The van der Waals surface area contributed by atoms with Crippen LogP contribution >= 0.6 is 12.4 Å². The topological polar surface area (TPSA) is 29.3 Å². The lowest BCUT2D eigenvalue weighted by Gasteiger charge is -2.39. The summed E-state index contributed by atoms with van der Waals surface area (Å²) < 4.78 is 13.4. The van der Waals surface area contributed by atoms with Crippen LogP contribution in [0.4, 0.5) is 4.39 Å². The van der Waals surface area contributed by atoms with E-state index in [0.717, 1.165) is 18.4 Å². The third kappa shape index (κ3) is 2.94. The highest BCUT2D eigenvalue weighted by molar-refractivity contribution is 5.85. The summed E-state index contributed by atoms with van der Waals surface area (Å²) in [5, 5.41) is 0. The second-order valence-corrected chi connectivity index (χ2v) is 4.39. The number of nitrogens with zero attached hydrogens (tertiary/aromatic N) is 1. The molecule has 2 N–H and O–H groups in total. The van der Waals surface area contributed by atoms with Gasteiger partial charge in [-0.2, -0.15) is 0 Å². The van der Waals surface area contributed by atoms with Crippen molar-refractivity contribution in [2.45, 2.75) is 31.5 Å². The maximum absolute atomic E-state index is 13.4. The zero-order valence-corrected chi connectivity index (χ0v) is 10.2. The van der Waals surface area contributed by atoms with E-state index in [9.17, 15) is 4.39 Å². The van der Waals surface area contributed by atoms with Crippen molar-refractivity contribution in [2.24, 2.45) is 5.73 Å². The van der Waals surface area contributed by atoms with E-state index in [2.05, 4.69) is 4.90 Å². The minimum absolute atomic E-state index is 0. The molecule has 0 bridgehead atoms. The molecule has 0 unspecified atom stereocenters. The van der Waals surface area contributed by atoms with Gasteiger partial charge < -0.3 is 5.73 Å². The van der Waals surface area contributed by atoms with Crippen molar-refractivity contribution in [1.82, 2.24) is 4.90 Å². The Morgan fingerprint density at radius 2 is 2.00 bits per heavy atom. The maximum Gasteiger partial charge on any atom is 0.127 e. The molecule has 1 saturated carbocycles. The van der Waals surface area contributed by atoms with Crippen LogP contribution in [0.3, 0.4) is 0 Å². The van der Waals surface area contributed by atoms with E-state index >= 15 is 0 Å². The summed E-state index contributed by atoms with van der Waals surface area (Å²) in [5.41, 5.74) is 6.49. The fraction of sp³-hybridized carbons (Fsp3) is 0.500. The van der Waals surface area contributed by atoms with E-state index in [1.54, 1.807) is 6.07 Å². The Kier molecular flexibility index (Phi) is 4.71. The van der Waals surface area contributed by atoms with Crippen LogP contribution in [0.25, 0.3) is 0 Å². The van der Waals surface area contributed by atoms with Gasteiger partial charge in [0.15, 0.2) is 0 Å². The molecule has 1 aromatic carbocycles. The van der Waals surface area contributed by atoms with Crippen LogP contribution < -0.4 is 5.73 Å². The zero-order valence-electron chi connectivity index (χ0n) is 9.40. The monoisotopic (exact) mass is 244 g/mol. The van der Waals surface area contributed by atoms with Crippen molar-refractivity contribution in [3.8, 4) is 0 Å². The Morgan fingerprint density at radius 3 is 2.56 bits per heavy atom. The van der Waals surface area contributed by atoms with Gasteiger partial charge in [0.1, 0.15) is 5.82 Å². The average Bonchev–Trinajstić information content (AvgIpc) is 2.17. The molecule has 0 radical (unpaired) electrons. The van der Waals surface area contributed by atoms with Crippen LogP contribution in [0.1, 0.15) is 18.4 Å². The number of hydrogen-bond acceptors (Lipinski definition) is 2. The van der Waals surface area contributed by atoms with E-state index in [1.165, 1.54) is 6.07 Å². The first kappa shape index (κ1) is 13.4. The number of hydrogen-bond donors (Lipinski definition) is 1. The van der Waals surface area contributed by atoms with E-state index in [4.69, 9.17) is 5.73 Å². The molecule has 90 valence electrons. The highest BCUT2D eigenvalue weighted by Crippen LogP contribution is 2.24. The summed E-state index contributed by atoms with van der Waals surface area (Å²) in [6.07, 6.45) is 2.07. The molecule has 1 aliphatic rings. The molecule has 1 aromatic rings. The Morgan fingerprint density at radius 1 is 1.38 bits per heavy atom. The summed E-state index contributed by atoms with van der Waals surface area (Å²) in [5.74, 6) is -0.118. The molecule has 0 aromatic heterocycles. The van der Waals surface area contributed by atoms with Crippen molar-refractivity contribution >= 4 is 12.4 Å². The van der Waals surface area contributed by atoms with Crippen LogP contribution in [0.2, 0.25) is 0 Å². The largest absolute Gasteiger partial charge is 0.328 e. The van der Waals surface area contributed by atoms with E-state index in [1.807, 2.05) is 19.2 Å². The Labute approximate surface area is 102 Å². The van der Waals surface area contributed by atoms with Crippen LogP contribution in [-0.2, 0) is 6.54 Å². The fourth-order valence-corrected chi connectivity index (χ4v) is 2.01. The predicted molar refractivity (Wildman–Crippen MR) is 66.1 cm³/mol. The second kappa shape index (κ2) is 5.62. The molecule has 0 amide bonds. The standard InChI is InChI=1S/C12H17FN2.ClH/c1-15(11-6-10(14)7-11)8-9-4-2-3-5-12(9)13;/h2-5,10-11H,6-8,14H2,1H3;1H. The lowest BCUT2D eigenvalue weighted by Crippen LogP contribution is -2.48. The van der Waals surface area contributed by atoms with Gasteiger partial charge in [-0.05, 0) is 26.0 Å². The van der Waals surface area contributed by atoms with Crippen molar-refractivity contribution in [3.63, 3.8) is 0 Å². The summed E-state index contributed by atoms with van der Waals surface area (Å²) >= 11 is 0. The minimum Gasteiger partial charge on any atom is -0.328 e. The van der Waals surface area contributed by atoms with Crippen LogP contribution in [0, 0.1) is 5.82 Å². The number of benzene rings is 1. The van der Waals surface area contributed by atoms with Gasteiger partial charge in [0.05, 0.1) is 0 Å². The van der Waals surface area contributed by atoms with E-state index in [0.29, 0.717) is 18.6 Å². The Balaban J connectivity index is 0.00000128. The van der Waals surface area contributed by atoms with E-state index < -0.39 is 0 Å². The molecule has 0 spiro atoms. The SMILES string of the molecule is CN(Cc1ccccc1F)C1CC(N)C1.Cl. The number of nitrogens with two attached hydrogens (primary N) is 1. The molecule has 4 heteroatoms. The maximum atomic E-state index is 13.4. The third-order valence-electron chi connectivity index (χ3n) is 3.15. The first-order valence-electron chi connectivity index (χ1n) is 5.36. The molecular weight excluding hydrogens is 227 g/mol. The predicted octanol–water partition coefficient (Wildman–Crippen LogP) is 2.17. The second-order valence-electron chi connectivity index (χ2n) is 4.39. The van der Waals surface area contributed by atoms with Crippen LogP contribution in [0.5, 0.6) is 0 Å². The molecule has 0 atom stereocenters. The fourth-order valence-electron chi connectivity index (χ4n) is 2.01. The van der Waals surface area contributed by atoms with Crippen LogP contribution in [-0.4, -0.2) is 24.0 Å². The summed E-state index contributed by atoms with van der Waals surface area (Å²) in [6.45, 7) is 0.671. The lowest BCUT2D eigenvalue weighted by molar-refractivity contribution is 0.131. The van der Waals surface area contributed by atoms with Gasteiger partial charge in [-0.3, -0.25) is 4.90 Å². The molecule has 1 aliphatic carbocycles. The molecular formula is C12H18ClFN2. The lowest BCUT2D eigenvalue weighted by atomic mass is 9.86. The van der Waals surface area contributed by atoms with Crippen molar-refractivity contribution in [2.75, 3.05) is 7.05 Å². The zero-order chi connectivity index (χ0) is 10.8. The molecule has 2 rings (SSSR count). The number of rotatable bonds is 3. The van der Waals surface area contributed by atoms with Gasteiger partial charge in [0, 0.05) is 24.2 Å². The third-order valence-corrected chi connectivity index (χ3v) is 3.15. The van der Waals surface area contributed by atoms with Crippen molar-refractivity contribution < 1.29 is 4.39 Å². The summed E-state index contributed by atoms with van der Waals surface area (Å²) in [4.78, 5) is 2.18. The Bertz CT molecular complexity index is 340. The molecule has 0 saturated heterocycles. The van der Waals surface area contributed by atoms with Gasteiger partial charge in [-0.25, -0.2) is 4.39 Å². The van der Waals surface area contributed by atoms with Crippen LogP contribution in [0.15, 0.2) is 24.3 Å². The quantitative estimate of drug-likeness (QED) is 0.883. The molecule has 0 aliphatic heterocycles. The molecule has 16 heavy (non-hydrogen) atoms. The number of halogens is 2. The smallest absolute Gasteiger partial charge is 0.127 e. The highest BCUT2D eigenvalue weighted by atomic mass is 35.5. The van der Waals surface area contributed by atoms with Crippen molar-refractivity contribution in [3.05, 3.63) is 35.6 Å². The van der Waals surface area contributed by atoms with Gasteiger partial charge in [-0.1, -0.05) is 18.2 Å². The average molecular weight is 245 g/mol. The van der Waals surface area contributed by atoms with E-state index in [-0.39, 0.29) is 18.2 Å².